The number of hydrogen-bond acceptors (Lipinski definition) is 3. The van der Waals surface area contributed by atoms with E-state index in [9.17, 15) is 4.79 Å². The van der Waals surface area contributed by atoms with Gasteiger partial charge in [0.05, 0.1) is 17.1 Å². The number of nitrogens with one attached hydrogen (secondary N) is 1. The van der Waals surface area contributed by atoms with Crippen LogP contribution in [-0.4, -0.2) is 15.7 Å². The van der Waals surface area contributed by atoms with E-state index in [1.54, 1.807) is 6.20 Å². The summed E-state index contributed by atoms with van der Waals surface area (Å²) in [6, 6.07) is 5.60. The second-order valence-electron chi connectivity index (χ2n) is 3.30. The minimum atomic E-state index is -0.0288. The maximum atomic E-state index is 11.7. The third kappa shape index (κ3) is 2.30. The van der Waals surface area contributed by atoms with Gasteiger partial charge in [0.25, 0.3) is 5.91 Å². The fourth-order valence-electron chi connectivity index (χ4n) is 1.46. The fourth-order valence-corrected chi connectivity index (χ4v) is 2.10. The Morgan fingerprint density at radius 1 is 1.56 bits per heavy atom. The van der Waals surface area contributed by atoms with E-state index in [2.05, 4.69) is 10.4 Å². The van der Waals surface area contributed by atoms with E-state index in [1.807, 2.05) is 35.2 Å². The Kier molecular flexibility index (Phi) is 3.36. The molecule has 0 bridgehead atoms. The molecule has 0 aliphatic carbocycles. The van der Waals surface area contributed by atoms with Crippen molar-refractivity contribution in [3.8, 4) is 0 Å². The van der Waals surface area contributed by atoms with Crippen molar-refractivity contribution in [1.82, 2.24) is 15.1 Å². The minimum Gasteiger partial charge on any atom is -0.346 e. The van der Waals surface area contributed by atoms with Crippen molar-refractivity contribution in [2.45, 2.75) is 20.0 Å². The van der Waals surface area contributed by atoms with Crippen LogP contribution in [0.15, 0.2) is 29.8 Å². The molecule has 1 amide bonds. The number of aromatic nitrogens is 2. The zero-order chi connectivity index (χ0) is 11.4. The summed E-state index contributed by atoms with van der Waals surface area (Å²) < 4.78 is 1.87. The second-order valence-corrected chi connectivity index (χ2v) is 4.25. The highest BCUT2D eigenvalue weighted by Gasteiger charge is 2.07. The van der Waals surface area contributed by atoms with E-state index in [4.69, 9.17) is 0 Å². The Hall–Kier alpha value is -1.62. The van der Waals surface area contributed by atoms with Crippen LogP contribution >= 0.6 is 11.3 Å². The Morgan fingerprint density at radius 3 is 3.12 bits per heavy atom. The fraction of sp³-hybridized carbons (Fsp3) is 0.273. The molecule has 4 nitrogen and oxygen atoms in total. The quantitative estimate of drug-likeness (QED) is 0.879. The Bertz CT molecular complexity index is 461. The molecule has 0 atom stereocenters. The molecule has 0 unspecified atom stereocenters. The van der Waals surface area contributed by atoms with Crippen LogP contribution in [0.25, 0.3) is 0 Å². The first-order valence-electron chi connectivity index (χ1n) is 5.13. The lowest BCUT2D eigenvalue weighted by Gasteiger charge is -2.05. The monoisotopic (exact) mass is 235 g/mol. The van der Waals surface area contributed by atoms with Gasteiger partial charge in [-0.15, -0.1) is 11.3 Å². The standard InChI is InChI=1S/C11H13N3OS/c1-2-14-9(5-6-13-14)8-12-11(15)10-4-3-7-16-10/h3-7H,2,8H2,1H3,(H,12,15). The zero-order valence-electron chi connectivity index (χ0n) is 9.01. The highest BCUT2D eigenvalue weighted by molar-refractivity contribution is 7.12. The SMILES string of the molecule is CCn1nccc1CNC(=O)c1cccs1. The molecule has 0 radical (unpaired) electrons. The van der Waals surface area contributed by atoms with E-state index >= 15 is 0 Å². The van der Waals surface area contributed by atoms with E-state index < -0.39 is 0 Å². The van der Waals surface area contributed by atoms with Crippen molar-refractivity contribution in [3.63, 3.8) is 0 Å². The summed E-state index contributed by atoms with van der Waals surface area (Å²) in [6.45, 7) is 3.36. The van der Waals surface area contributed by atoms with Gasteiger partial charge in [0.15, 0.2) is 0 Å². The first-order chi connectivity index (χ1) is 7.81. The maximum Gasteiger partial charge on any atom is 0.261 e. The summed E-state index contributed by atoms with van der Waals surface area (Å²) >= 11 is 1.44. The van der Waals surface area contributed by atoms with Gasteiger partial charge in [0.1, 0.15) is 0 Å². The Morgan fingerprint density at radius 2 is 2.44 bits per heavy atom. The molecular formula is C11H13N3OS. The van der Waals surface area contributed by atoms with Crippen molar-refractivity contribution in [2.24, 2.45) is 0 Å². The third-order valence-corrected chi connectivity index (χ3v) is 3.15. The van der Waals surface area contributed by atoms with Crippen LogP contribution in [0.4, 0.5) is 0 Å². The zero-order valence-corrected chi connectivity index (χ0v) is 9.83. The molecule has 0 saturated heterocycles. The van der Waals surface area contributed by atoms with Crippen LogP contribution in [0.5, 0.6) is 0 Å². The van der Waals surface area contributed by atoms with E-state index in [-0.39, 0.29) is 5.91 Å². The van der Waals surface area contributed by atoms with Crippen LogP contribution in [0, 0.1) is 0 Å². The molecule has 5 heteroatoms. The normalized spacial score (nSPS) is 10.3. The average molecular weight is 235 g/mol. The smallest absolute Gasteiger partial charge is 0.261 e. The lowest BCUT2D eigenvalue weighted by Crippen LogP contribution is -2.23. The van der Waals surface area contributed by atoms with E-state index in [0.717, 1.165) is 17.1 Å². The summed E-state index contributed by atoms with van der Waals surface area (Å²) in [5, 5.41) is 8.91. The van der Waals surface area contributed by atoms with Crippen molar-refractivity contribution < 1.29 is 4.79 Å². The molecular weight excluding hydrogens is 222 g/mol. The van der Waals surface area contributed by atoms with Gasteiger partial charge in [-0.1, -0.05) is 6.07 Å². The number of carbonyl (C=O) groups excluding carboxylic acids is 1. The lowest BCUT2D eigenvalue weighted by atomic mass is 10.4. The molecule has 0 aromatic carbocycles. The molecule has 84 valence electrons. The van der Waals surface area contributed by atoms with Crippen molar-refractivity contribution in [2.75, 3.05) is 0 Å². The number of thiophene rings is 1. The van der Waals surface area contributed by atoms with Gasteiger partial charge >= 0.3 is 0 Å². The van der Waals surface area contributed by atoms with Crippen LogP contribution in [0.2, 0.25) is 0 Å². The first kappa shape index (κ1) is 10.9. The van der Waals surface area contributed by atoms with Crippen molar-refractivity contribution >= 4 is 17.2 Å². The van der Waals surface area contributed by atoms with Gasteiger partial charge in [-0.3, -0.25) is 9.48 Å². The van der Waals surface area contributed by atoms with Gasteiger partial charge < -0.3 is 5.32 Å². The third-order valence-electron chi connectivity index (χ3n) is 2.28. The summed E-state index contributed by atoms with van der Waals surface area (Å²) in [7, 11) is 0. The van der Waals surface area contributed by atoms with Crippen molar-refractivity contribution in [1.29, 1.82) is 0 Å². The molecule has 0 aliphatic heterocycles. The highest BCUT2D eigenvalue weighted by atomic mass is 32.1. The summed E-state index contributed by atoms with van der Waals surface area (Å²) in [5.41, 5.74) is 1.02. The van der Waals surface area contributed by atoms with Crippen LogP contribution in [0.1, 0.15) is 22.3 Å². The van der Waals surface area contributed by atoms with Gasteiger partial charge in [-0.2, -0.15) is 5.10 Å². The molecule has 0 spiro atoms. The average Bonchev–Trinajstić information content (AvgIpc) is 2.96. The van der Waals surface area contributed by atoms with Crippen LogP contribution in [-0.2, 0) is 13.1 Å². The van der Waals surface area contributed by atoms with Gasteiger partial charge in [-0.25, -0.2) is 0 Å². The van der Waals surface area contributed by atoms with Gasteiger partial charge in [0, 0.05) is 12.7 Å². The second kappa shape index (κ2) is 4.94. The van der Waals surface area contributed by atoms with Crippen LogP contribution < -0.4 is 5.32 Å². The Labute approximate surface area is 97.9 Å². The molecule has 0 saturated carbocycles. The topological polar surface area (TPSA) is 46.9 Å². The first-order valence-corrected chi connectivity index (χ1v) is 6.01. The molecule has 2 heterocycles. The minimum absolute atomic E-state index is 0.0288. The molecule has 2 rings (SSSR count). The molecule has 0 fully saturated rings. The predicted molar refractivity (Wildman–Crippen MR) is 63.4 cm³/mol. The highest BCUT2D eigenvalue weighted by Crippen LogP contribution is 2.08. The number of amides is 1. The predicted octanol–water partition coefficient (Wildman–Crippen LogP) is 1.89. The lowest BCUT2D eigenvalue weighted by molar-refractivity contribution is 0.0954. The number of carbonyl (C=O) groups is 1. The van der Waals surface area contributed by atoms with Crippen LogP contribution in [0.3, 0.4) is 0 Å². The van der Waals surface area contributed by atoms with Gasteiger partial charge in [0.2, 0.25) is 0 Å². The largest absolute Gasteiger partial charge is 0.346 e. The summed E-state index contributed by atoms with van der Waals surface area (Å²) in [6.07, 6.45) is 1.75. The number of nitrogens with zero attached hydrogens (tertiary/aromatic N) is 2. The van der Waals surface area contributed by atoms with E-state index in [1.165, 1.54) is 11.3 Å². The maximum absolute atomic E-state index is 11.7. The number of rotatable bonds is 4. The molecule has 0 aliphatic rings. The number of aryl methyl sites for hydroxylation is 1. The molecule has 2 aromatic rings. The number of hydrogen-bond donors (Lipinski definition) is 1. The molecule has 2 aromatic heterocycles. The summed E-state index contributed by atoms with van der Waals surface area (Å²) in [5.74, 6) is -0.0288. The van der Waals surface area contributed by atoms with Gasteiger partial charge in [-0.05, 0) is 24.4 Å². The Balaban J connectivity index is 1.95. The van der Waals surface area contributed by atoms with Crippen molar-refractivity contribution in [3.05, 3.63) is 40.3 Å². The molecule has 16 heavy (non-hydrogen) atoms. The molecule has 1 N–H and O–H groups in total. The summed E-state index contributed by atoms with van der Waals surface area (Å²) in [4.78, 5) is 12.4. The van der Waals surface area contributed by atoms with E-state index in [0.29, 0.717) is 6.54 Å².